The third-order valence-electron chi connectivity index (χ3n) is 3.80. The van der Waals surface area contributed by atoms with Gasteiger partial charge < -0.3 is 5.32 Å². The molecular weight excluding hydrogens is 241 g/mol. The number of hydrogen-bond donors (Lipinski definition) is 1. The highest BCUT2D eigenvalue weighted by molar-refractivity contribution is 6.33. The Labute approximate surface area is 104 Å². The topological polar surface area (TPSA) is 29.1 Å². The minimum Gasteiger partial charge on any atom is -0.325 e. The number of anilines is 1. The van der Waals surface area contributed by atoms with Gasteiger partial charge in [0, 0.05) is 5.92 Å². The van der Waals surface area contributed by atoms with E-state index in [1.54, 1.807) is 0 Å². The first-order valence-corrected chi connectivity index (χ1v) is 6.27. The molecule has 0 spiro atoms. The van der Waals surface area contributed by atoms with Crippen LogP contribution >= 0.6 is 11.6 Å². The fourth-order valence-corrected chi connectivity index (χ4v) is 2.97. The molecule has 1 aromatic carbocycles. The lowest BCUT2D eigenvalue weighted by molar-refractivity contribution is -0.120. The molecule has 2 nitrogen and oxygen atoms in total. The zero-order valence-electron chi connectivity index (χ0n) is 9.25. The van der Waals surface area contributed by atoms with Crippen molar-refractivity contribution >= 4 is 23.2 Å². The average Bonchev–Trinajstić information content (AvgIpc) is 2.89. The zero-order valence-corrected chi connectivity index (χ0v) is 10.0. The quantitative estimate of drug-likeness (QED) is 0.859. The largest absolute Gasteiger partial charge is 0.325 e. The van der Waals surface area contributed by atoms with Crippen LogP contribution in [-0.4, -0.2) is 5.91 Å². The Bertz CT molecular complexity index is 466. The summed E-state index contributed by atoms with van der Waals surface area (Å²) in [5.74, 6) is 1.28. The monoisotopic (exact) mass is 253 g/mol. The van der Waals surface area contributed by atoms with Gasteiger partial charge in [0.15, 0.2) is 0 Å². The van der Waals surface area contributed by atoms with Crippen molar-refractivity contribution in [1.29, 1.82) is 0 Å². The molecule has 0 aromatic heterocycles. The number of nitrogens with one attached hydrogen (secondary N) is 1. The van der Waals surface area contributed by atoms with Crippen LogP contribution in [0.2, 0.25) is 5.02 Å². The van der Waals surface area contributed by atoms with Crippen LogP contribution in [0.3, 0.4) is 0 Å². The number of benzene rings is 1. The number of halogens is 2. The molecule has 2 unspecified atom stereocenters. The molecule has 0 saturated heterocycles. The first-order valence-electron chi connectivity index (χ1n) is 5.89. The molecule has 4 heteroatoms. The van der Waals surface area contributed by atoms with Crippen LogP contribution in [-0.2, 0) is 4.79 Å². The van der Waals surface area contributed by atoms with E-state index in [9.17, 15) is 9.18 Å². The average molecular weight is 254 g/mol. The smallest absolute Gasteiger partial charge is 0.227 e. The molecule has 2 fully saturated rings. The summed E-state index contributed by atoms with van der Waals surface area (Å²) in [5, 5.41) is 3.03. The molecule has 1 aromatic rings. The Hall–Kier alpha value is -1.09. The van der Waals surface area contributed by atoms with E-state index in [2.05, 4.69) is 5.32 Å². The van der Waals surface area contributed by atoms with Gasteiger partial charge in [-0.05, 0) is 49.3 Å². The highest BCUT2D eigenvalue weighted by Gasteiger charge is 2.47. The van der Waals surface area contributed by atoms with Gasteiger partial charge in [0.2, 0.25) is 5.91 Å². The SMILES string of the molecule is O=C(Nc1ccc(F)cc1Cl)C1CC2CC2C1. The molecule has 1 N–H and O–H groups in total. The van der Waals surface area contributed by atoms with Gasteiger partial charge >= 0.3 is 0 Å². The molecule has 0 heterocycles. The summed E-state index contributed by atoms with van der Waals surface area (Å²) in [4.78, 5) is 12.0. The molecule has 2 atom stereocenters. The number of carbonyl (C=O) groups excluding carboxylic acids is 1. The maximum atomic E-state index is 12.8. The molecule has 1 amide bonds. The number of rotatable bonds is 2. The minimum atomic E-state index is -0.393. The second-order valence-corrected chi connectivity index (χ2v) is 5.44. The molecule has 0 aliphatic heterocycles. The van der Waals surface area contributed by atoms with Gasteiger partial charge in [-0.25, -0.2) is 4.39 Å². The Morgan fingerprint density at radius 2 is 2.00 bits per heavy atom. The van der Waals surface area contributed by atoms with Crippen molar-refractivity contribution < 1.29 is 9.18 Å². The molecule has 2 aliphatic rings. The zero-order chi connectivity index (χ0) is 12.0. The summed E-state index contributed by atoms with van der Waals surface area (Å²) in [5.41, 5.74) is 0.499. The summed E-state index contributed by atoms with van der Waals surface area (Å²) in [6.07, 6.45) is 3.28. The molecule has 17 heavy (non-hydrogen) atoms. The molecule has 2 saturated carbocycles. The van der Waals surface area contributed by atoms with Gasteiger partial charge in [-0.1, -0.05) is 11.6 Å². The van der Waals surface area contributed by atoms with Crippen molar-refractivity contribution in [3.05, 3.63) is 29.0 Å². The lowest BCUT2D eigenvalue weighted by Crippen LogP contribution is -2.21. The van der Waals surface area contributed by atoms with Crippen LogP contribution in [0.15, 0.2) is 18.2 Å². The van der Waals surface area contributed by atoms with E-state index in [-0.39, 0.29) is 16.8 Å². The van der Waals surface area contributed by atoms with Gasteiger partial charge in [0.05, 0.1) is 10.7 Å². The number of hydrogen-bond acceptors (Lipinski definition) is 1. The number of carbonyl (C=O) groups is 1. The predicted octanol–water partition coefficient (Wildman–Crippen LogP) is 3.46. The summed E-state index contributed by atoms with van der Waals surface area (Å²) >= 11 is 5.86. The first-order chi connectivity index (χ1) is 8.13. The highest BCUT2D eigenvalue weighted by Crippen LogP contribution is 2.54. The Morgan fingerprint density at radius 1 is 1.29 bits per heavy atom. The summed E-state index contributed by atoms with van der Waals surface area (Å²) < 4.78 is 12.8. The third kappa shape index (κ3) is 2.16. The lowest BCUT2D eigenvalue weighted by Gasteiger charge is -2.13. The van der Waals surface area contributed by atoms with E-state index in [1.807, 2.05) is 0 Å². The van der Waals surface area contributed by atoms with E-state index in [1.165, 1.54) is 24.6 Å². The second kappa shape index (κ2) is 3.98. The van der Waals surface area contributed by atoms with Gasteiger partial charge in [-0.2, -0.15) is 0 Å². The van der Waals surface area contributed by atoms with E-state index in [0.29, 0.717) is 5.69 Å². The number of amides is 1. The van der Waals surface area contributed by atoms with E-state index in [4.69, 9.17) is 11.6 Å². The Morgan fingerprint density at radius 3 is 2.65 bits per heavy atom. The molecule has 3 rings (SSSR count). The predicted molar refractivity (Wildman–Crippen MR) is 64.4 cm³/mol. The van der Waals surface area contributed by atoms with E-state index < -0.39 is 5.82 Å². The van der Waals surface area contributed by atoms with Crippen LogP contribution in [0, 0.1) is 23.6 Å². The molecule has 0 bridgehead atoms. The van der Waals surface area contributed by atoms with Crippen LogP contribution in [0.4, 0.5) is 10.1 Å². The van der Waals surface area contributed by atoms with Crippen molar-refractivity contribution in [3.63, 3.8) is 0 Å². The van der Waals surface area contributed by atoms with E-state index >= 15 is 0 Å². The molecule has 90 valence electrons. The maximum absolute atomic E-state index is 12.8. The Kier molecular flexibility index (Phi) is 2.58. The van der Waals surface area contributed by atoms with Crippen molar-refractivity contribution in [2.24, 2.45) is 17.8 Å². The van der Waals surface area contributed by atoms with Crippen molar-refractivity contribution in [2.75, 3.05) is 5.32 Å². The highest BCUT2D eigenvalue weighted by atomic mass is 35.5. The standard InChI is InChI=1S/C13H13ClFNO/c14-11-6-10(15)1-2-12(11)16-13(17)9-4-7-3-8(7)5-9/h1-2,6-9H,3-5H2,(H,16,17). The van der Waals surface area contributed by atoms with Crippen LogP contribution < -0.4 is 5.32 Å². The van der Waals surface area contributed by atoms with E-state index in [0.717, 1.165) is 24.7 Å². The van der Waals surface area contributed by atoms with Crippen LogP contribution in [0.1, 0.15) is 19.3 Å². The molecular formula is C13H13ClFNO. The van der Waals surface area contributed by atoms with Crippen molar-refractivity contribution in [3.8, 4) is 0 Å². The van der Waals surface area contributed by atoms with Crippen molar-refractivity contribution in [1.82, 2.24) is 0 Å². The number of fused-ring (bicyclic) bond motifs is 1. The van der Waals surface area contributed by atoms with Gasteiger partial charge in [-0.15, -0.1) is 0 Å². The maximum Gasteiger partial charge on any atom is 0.227 e. The normalized spacial score (nSPS) is 29.9. The van der Waals surface area contributed by atoms with Gasteiger partial charge in [-0.3, -0.25) is 4.79 Å². The van der Waals surface area contributed by atoms with Crippen molar-refractivity contribution in [2.45, 2.75) is 19.3 Å². The van der Waals surface area contributed by atoms with Gasteiger partial charge in [0.25, 0.3) is 0 Å². The second-order valence-electron chi connectivity index (χ2n) is 5.04. The molecule has 0 radical (unpaired) electrons. The minimum absolute atomic E-state index is 0.0192. The van der Waals surface area contributed by atoms with Crippen LogP contribution in [0.5, 0.6) is 0 Å². The summed E-state index contributed by atoms with van der Waals surface area (Å²) in [7, 11) is 0. The Balaban J connectivity index is 1.67. The first kappa shape index (κ1) is 11.0. The van der Waals surface area contributed by atoms with Crippen LogP contribution in [0.25, 0.3) is 0 Å². The third-order valence-corrected chi connectivity index (χ3v) is 4.12. The van der Waals surface area contributed by atoms with Gasteiger partial charge in [0.1, 0.15) is 5.82 Å². The fraction of sp³-hybridized carbons (Fsp3) is 0.462. The fourth-order valence-electron chi connectivity index (χ4n) is 2.75. The molecule has 2 aliphatic carbocycles. The lowest BCUT2D eigenvalue weighted by atomic mass is 10.0. The summed E-state index contributed by atoms with van der Waals surface area (Å²) in [6, 6.07) is 4.02. The summed E-state index contributed by atoms with van der Waals surface area (Å²) in [6.45, 7) is 0.